The van der Waals surface area contributed by atoms with E-state index in [0.717, 1.165) is 28.4 Å². The first kappa shape index (κ1) is 28.8. The summed E-state index contributed by atoms with van der Waals surface area (Å²) in [5.74, 6) is 1.55. The van der Waals surface area contributed by atoms with Crippen LogP contribution < -0.4 is 5.32 Å². The van der Waals surface area contributed by atoms with Crippen LogP contribution in [0, 0.1) is 0 Å². The zero-order valence-corrected chi connectivity index (χ0v) is 28.7. The van der Waals surface area contributed by atoms with Crippen molar-refractivity contribution in [2.24, 2.45) is 9.98 Å². The van der Waals surface area contributed by atoms with Gasteiger partial charge in [-0.2, -0.15) is 0 Å². The summed E-state index contributed by atoms with van der Waals surface area (Å²) in [6.45, 7) is 0. The van der Waals surface area contributed by atoms with Crippen molar-refractivity contribution in [3.05, 3.63) is 215 Å². The van der Waals surface area contributed by atoms with Crippen molar-refractivity contribution in [1.82, 2.24) is 5.32 Å². The summed E-state index contributed by atoms with van der Waals surface area (Å²) in [7, 11) is 0. The van der Waals surface area contributed by atoms with Gasteiger partial charge in [-0.15, -0.1) is 0 Å². The maximum Gasteiger partial charge on any atom is 0.159 e. The summed E-state index contributed by atoms with van der Waals surface area (Å²) in [5.41, 5.74) is 10.6. The van der Waals surface area contributed by atoms with Crippen LogP contribution in [-0.2, 0) is 5.41 Å². The van der Waals surface area contributed by atoms with E-state index in [0.29, 0.717) is 0 Å². The van der Waals surface area contributed by atoms with Crippen LogP contribution in [0.3, 0.4) is 0 Å². The van der Waals surface area contributed by atoms with Crippen LogP contribution >= 0.6 is 0 Å². The van der Waals surface area contributed by atoms with Gasteiger partial charge in [0.25, 0.3) is 0 Å². The molecule has 1 N–H and O–H groups in total. The number of hydrogen-bond acceptors (Lipinski definition) is 3. The third-order valence-electron chi connectivity index (χ3n) is 11.9. The second kappa shape index (κ2) is 10.6. The van der Waals surface area contributed by atoms with Gasteiger partial charge >= 0.3 is 0 Å². The molecule has 12 rings (SSSR count). The molecule has 0 saturated carbocycles. The van der Waals surface area contributed by atoms with Crippen molar-refractivity contribution in [3.63, 3.8) is 0 Å². The Morgan fingerprint density at radius 3 is 1.85 bits per heavy atom. The first-order valence-corrected chi connectivity index (χ1v) is 18.4. The second-order valence-electron chi connectivity index (χ2n) is 14.5. The molecule has 9 aromatic carbocycles. The van der Waals surface area contributed by atoms with Gasteiger partial charge in [-0.3, -0.25) is 0 Å². The van der Waals surface area contributed by atoms with E-state index >= 15 is 0 Å². The van der Waals surface area contributed by atoms with E-state index in [1.165, 1.54) is 76.5 Å². The molecule has 3 heteroatoms. The van der Waals surface area contributed by atoms with Gasteiger partial charge in [0.15, 0.2) is 5.84 Å². The van der Waals surface area contributed by atoms with Gasteiger partial charge in [0, 0.05) is 16.7 Å². The second-order valence-corrected chi connectivity index (χ2v) is 14.5. The molecule has 53 heavy (non-hydrogen) atoms. The van der Waals surface area contributed by atoms with E-state index in [1.807, 2.05) is 0 Å². The van der Waals surface area contributed by atoms with Crippen LogP contribution in [0.15, 0.2) is 186 Å². The number of aliphatic imine (C=N–C) groups is 2. The molecule has 0 amide bonds. The van der Waals surface area contributed by atoms with E-state index in [-0.39, 0.29) is 6.17 Å². The quantitative estimate of drug-likeness (QED) is 0.186. The predicted octanol–water partition coefficient (Wildman–Crippen LogP) is 11.5. The molecule has 0 radical (unpaired) electrons. The lowest BCUT2D eigenvalue weighted by atomic mass is 9.70. The Balaban J connectivity index is 1.12. The molecule has 1 heterocycles. The maximum absolute atomic E-state index is 5.48. The smallest absolute Gasteiger partial charge is 0.159 e. The maximum atomic E-state index is 5.48. The van der Waals surface area contributed by atoms with E-state index in [2.05, 4.69) is 181 Å². The number of rotatable bonds is 3. The number of nitrogens with one attached hydrogen (secondary N) is 1. The van der Waals surface area contributed by atoms with Crippen LogP contribution in [0.25, 0.3) is 54.2 Å². The van der Waals surface area contributed by atoms with Crippen molar-refractivity contribution in [1.29, 1.82) is 0 Å². The summed E-state index contributed by atoms with van der Waals surface area (Å²) >= 11 is 0. The molecule has 246 valence electrons. The largest absolute Gasteiger partial charge is 0.344 e. The third kappa shape index (κ3) is 3.83. The molecule has 3 aliphatic rings. The molecule has 9 aromatic rings. The van der Waals surface area contributed by atoms with Crippen molar-refractivity contribution < 1.29 is 0 Å². The van der Waals surface area contributed by atoms with Gasteiger partial charge in [-0.05, 0) is 88.6 Å². The standard InChI is InChI=1S/C50H31N3/c1-2-12-32(13-3-1)47-51-48(53-49(52-47)40-28-33-14-4-5-17-35(33)36-18-6-7-19-37(36)40)34-26-27-39-38-20-8-9-21-41(38)50(44(39)29-34)42-22-10-15-30-24-25-31-16-11-23-43(50)46(31)45(30)42/h1-29,49H,(H,51,52,53). The fraction of sp³-hybridized carbons (Fsp3) is 0.0400. The monoisotopic (exact) mass is 673 g/mol. The fourth-order valence-corrected chi connectivity index (χ4v) is 9.72. The Morgan fingerprint density at radius 1 is 0.434 bits per heavy atom. The molecule has 0 saturated heterocycles. The topological polar surface area (TPSA) is 36.8 Å². The zero-order chi connectivity index (χ0) is 34.7. The molecule has 0 bridgehead atoms. The van der Waals surface area contributed by atoms with E-state index in [1.54, 1.807) is 0 Å². The third-order valence-corrected chi connectivity index (χ3v) is 11.9. The van der Waals surface area contributed by atoms with Crippen molar-refractivity contribution >= 4 is 54.8 Å². The number of amidine groups is 2. The molecule has 3 nitrogen and oxygen atoms in total. The first-order chi connectivity index (χ1) is 26.3. The molecule has 0 fully saturated rings. The van der Waals surface area contributed by atoms with Crippen molar-refractivity contribution in [3.8, 4) is 11.1 Å². The molecular formula is C50H31N3. The normalized spacial score (nSPS) is 16.3. The van der Waals surface area contributed by atoms with Crippen molar-refractivity contribution in [2.45, 2.75) is 11.6 Å². The molecule has 1 spiro atoms. The highest BCUT2D eigenvalue weighted by molar-refractivity contribution is 6.18. The Labute approximate surface area is 306 Å². The molecule has 1 aliphatic heterocycles. The van der Waals surface area contributed by atoms with Gasteiger partial charge < -0.3 is 5.32 Å². The predicted molar refractivity (Wildman–Crippen MR) is 219 cm³/mol. The van der Waals surface area contributed by atoms with Crippen LogP contribution in [0.2, 0.25) is 0 Å². The first-order valence-electron chi connectivity index (χ1n) is 18.4. The summed E-state index contributed by atoms with van der Waals surface area (Å²) < 4.78 is 0. The molecular weight excluding hydrogens is 643 g/mol. The number of benzene rings is 9. The van der Waals surface area contributed by atoms with E-state index in [4.69, 9.17) is 9.98 Å². The summed E-state index contributed by atoms with van der Waals surface area (Å²) in [6, 6.07) is 64.2. The van der Waals surface area contributed by atoms with Gasteiger partial charge in [0.05, 0.1) is 5.41 Å². The van der Waals surface area contributed by atoms with Gasteiger partial charge in [-0.25, -0.2) is 9.98 Å². The lowest BCUT2D eigenvalue weighted by Gasteiger charge is -2.31. The van der Waals surface area contributed by atoms with E-state index in [9.17, 15) is 0 Å². The minimum absolute atomic E-state index is 0.343. The summed E-state index contributed by atoms with van der Waals surface area (Å²) in [4.78, 5) is 10.8. The van der Waals surface area contributed by atoms with Crippen LogP contribution in [0.5, 0.6) is 0 Å². The van der Waals surface area contributed by atoms with Gasteiger partial charge in [-0.1, -0.05) is 164 Å². The van der Waals surface area contributed by atoms with Crippen molar-refractivity contribution in [2.75, 3.05) is 0 Å². The molecule has 1 atom stereocenters. The zero-order valence-electron chi connectivity index (χ0n) is 28.7. The number of nitrogens with zero attached hydrogens (tertiary/aromatic N) is 2. The minimum Gasteiger partial charge on any atom is -0.344 e. The Morgan fingerprint density at radius 2 is 1.06 bits per heavy atom. The van der Waals surface area contributed by atoms with Gasteiger partial charge in [0.1, 0.15) is 12.0 Å². The lowest BCUT2D eigenvalue weighted by Crippen LogP contribution is -2.33. The Kier molecular flexibility index (Phi) is 5.76. The summed E-state index contributed by atoms with van der Waals surface area (Å²) in [6.07, 6.45) is -0.343. The number of fused-ring (bicyclic) bond motifs is 10. The molecule has 1 unspecified atom stereocenters. The highest BCUT2D eigenvalue weighted by atomic mass is 15.2. The lowest BCUT2D eigenvalue weighted by molar-refractivity contribution is 0.680. The van der Waals surface area contributed by atoms with Crippen LogP contribution in [-0.4, -0.2) is 11.7 Å². The number of hydrogen-bond donors (Lipinski definition) is 1. The average molecular weight is 674 g/mol. The van der Waals surface area contributed by atoms with Crippen LogP contribution in [0.4, 0.5) is 0 Å². The Hall–Kier alpha value is -6.84. The van der Waals surface area contributed by atoms with E-state index < -0.39 is 5.41 Å². The average Bonchev–Trinajstić information content (AvgIpc) is 3.71. The minimum atomic E-state index is -0.446. The molecule has 2 aliphatic carbocycles. The van der Waals surface area contributed by atoms with Crippen LogP contribution in [0.1, 0.15) is 45.1 Å². The highest BCUT2D eigenvalue weighted by Crippen LogP contribution is 2.62. The SMILES string of the molecule is c1ccc(C2=NC(c3ccc4c(c3)C3(c5ccccc5-4)c4cccc5ccc6cccc3c6c45)=NC(c3cc4ccccc4c4ccccc34)N2)cc1. The highest BCUT2D eigenvalue weighted by Gasteiger charge is 2.50. The summed E-state index contributed by atoms with van der Waals surface area (Å²) in [5, 5.41) is 13.9. The van der Waals surface area contributed by atoms with Gasteiger partial charge in [0.2, 0.25) is 0 Å². The molecule has 0 aromatic heterocycles. The Bertz CT molecular complexity index is 3040. The fourth-order valence-electron chi connectivity index (χ4n) is 9.72.